The summed E-state index contributed by atoms with van der Waals surface area (Å²) in [5, 5.41) is 11.4. The maximum absolute atomic E-state index is 5.82. The van der Waals surface area contributed by atoms with E-state index >= 15 is 0 Å². The molecule has 0 saturated carbocycles. The molecule has 9 nitrogen and oxygen atoms in total. The number of guanidine groups is 1. The molecule has 1 aromatic heterocycles. The number of fused-ring (bicyclic) bond motifs is 1. The van der Waals surface area contributed by atoms with Crippen LogP contribution >= 0.6 is 24.0 Å². The van der Waals surface area contributed by atoms with Gasteiger partial charge in [0.15, 0.2) is 11.8 Å². The zero-order valence-corrected chi connectivity index (χ0v) is 21.1. The number of benzene rings is 1. The number of aryl methyl sites for hydroxylation is 1. The third kappa shape index (κ3) is 7.93. The Morgan fingerprint density at radius 1 is 1.35 bits per heavy atom. The molecule has 0 amide bonds. The van der Waals surface area contributed by atoms with Gasteiger partial charge >= 0.3 is 0 Å². The van der Waals surface area contributed by atoms with E-state index in [1.54, 1.807) is 14.2 Å². The number of nitrogens with zero attached hydrogens (tertiary/aromatic N) is 5. The fourth-order valence-electron chi connectivity index (χ4n) is 3.33. The quantitative estimate of drug-likeness (QED) is 0.283. The number of hydrogen-bond donors (Lipinski definition) is 2. The number of hydrogen-bond acceptors (Lipinski definition) is 6. The summed E-state index contributed by atoms with van der Waals surface area (Å²) in [5.74, 6) is 3.43. The summed E-state index contributed by atoms with van der Waals surface area (Å²) in [7, 11) is 7.52. The second kappa shape index (κ2) is 12.8. The number of rotatable bonds is 9. The van der Waals surface area contributed by atoms with Crippen LogP contribution in [0.2, 0.25) is 0 Å². The molecule has 0 aliphatic carbocycles. The number of halogens is 1. The number of ether oxygens (including phenoxy) is 2. The van der Waals surface area contributed by atoms with E-state index in [4.69, 9.17) is 9.47 Å². The van der Waals surface area contributed by atoms with E-state index in [9.17, 15) is 0 Å². The molecule has 0 radical (unpaired) electrons. The fourth-order valence-corrected chi connectivity index (χ4v) is 3.33. The van der Waals surface area contributed by atoms with E-state index in [-0.39, 0.29) is 30.0 Å². The monoisotopic (exact) mass is 543 g/mol. The molecule has 2 aromatic rings. The molecular formula is C21H34IN7O2. The lowest BCUT2D eigenvalue weighted by Gasteiger charge is -2.25. The van der Waals surface area contributed by atoms with E-state index in [1.165, 1.54) is 0 Å². The zero-order chi connectivity index (χ0) is 21.3. The number of aromatic nitrogens is 3. The third-order valence-electron chi connectivity index (χ3n) is 4.91. The van der Waals surface area contributed by atoms with Crippen LogP contribution in [0.4, 0.5) is 0 Å². The van der Waals surface area contributed by atoms with Gasteiger partial charge in [0.25, 0.3) is 0 Å². The molecule has 3 rings (SSSR count). The topological polar surface area (TPSA) is 88.8 Å². The largest absolute Gasteiger partial charge is 0.492 e. The second-order valence-corrected chi connectivity index (χ2v) is 7.66. The first-order chi connectivity index (χ1) is 14.6. The molecule has 1 aromatic carbocycles. The Bertz CT molecular complexity index is 841. The van der Waals surface area contributed by atoms with E-state index < -0.39 is 0 Å². The molecule has 1 unspecified atom stereocenters. The highest BCUT2D eigenvalue weighted by atomic mass is 127. The van der Waals surface area contributed by atoms with Gasteiger partial charge in [0.05, 0.1) is 6.54 Å². The van der Waals surface area contributed by atoms with Crippen molar-refractivity contribution in [2.75, 3.05) is 41.4 Å². The Morgan fingerprint density at radius 2 is 2.19 bits per heavy atom. The summed E-state index contributed by atoms with van der Waals surface area (Å²) in [4.78, 5) is 11.0. The van der Waals surface area contributed by atoms with Gasteiger partial charge in [0.1, 0.15) is 24.8 Å². The molecule has 1 aliphatic heterocycles. The van der Waals surface area contributed by atoms with Crippen molar-refractivity contribution in [2.45, 2.75) is 38.6 Å². The van der Waals surface area contributed by atoms with Gasteiger partial charge in [-0.05, 0) is 38.2 Å². The summed E-state index contributed by atoms with van der Waals surface area (Å²) < 4.78 is 12.9. The van der Waals surface area contributed by atoms with Crippen LogP contribution < -0.4 is 15.4 Å². The van der Waals surface area contributed by atoms with Gasteiger partial charge in [-0.3, -0.25) is 4.99 Å². The van der Waals surface area contributed by atoms with Crippen molar-refractivity contribution >= 4 is 29.9 Å². The molecule has 1 aliphatic rings. The number of nitrogens with one attached hydrogen (secondary N) is 2. The predicted octanol–water partition coefficient (Wildman–Crippen LogP) is 1.66. The number of likely N-dealkylation sites (N-methyl/N-ethyl adjacent to an activating group) is 1. The van der Waals surface area contributed by atoms with Gasteiger partial charge in [0, 0.05) is 39.7 Å². The van der Waals surface area contributed by atoms with Crippen molar-refractivity contribution in [3.05, 3.63) is 41.5 Å². The lowest BCUT2D eigenvalue weighted by atomic mass is 10.1. The molecular weight excluding hydrogens is 509 g/mol. The van der Waals surface area contributed by atoms with Gasteiger partial charge in [-0.25, -0.2) is 9.67 Å². The minimum absolute atomic E-state index is 0. The van der Waals surface area contributed by atoms with E-state index in [2.05, 4.69) is 42.7 Å². The summed E-state index contributed by atoms with van der Waals surface area (Å²) >= 11 is 0. The third-order valence-corrected chi connectivity index (χ3v) is 4.91. The predicted molar refractivity (Wildman–Crippen MR) is 132 cm³/mol. The molecule has 0 saturated heterocycles. The van der Waals surface area contributed by atoms with Gasteiger partial charge in [-0.2, -0.15) is 5.10 Å². The SMILES string of the molecule is CN=C(NCc1cccc(OCCN(C)C)c1)NC1CCc2nc(COC)nn2C1.I. The standard InChI is InChI=1S/C21H33N7O2.HI/c1-22-21(23-13-16-6-5-7-18(12-16)30-11-10-27(2)3)24-17-8-9-20-25-19(15-29-4)26-28(20)14-17;/h5-7,12,17H,8-11,13-15H2,1-4H3,(H2,22,23,24);1H. The summed E-state index contributed by atoms with van der Waals surface area (Å²) in [6.07, 6.45) is 1.87. The minimum Gasteiger partial charge on any atom is -0.492 e. The van der Waals surface area contributed by atoms with Gasteiger partial charge < -0.3 is 25.0 Å². The van der Waals surface area contributed by atoms with Crippen molar-refractivity contribution in [3.8, 4) is 5.75 Å². The molecule has 172 valence electrons. The lowest BCUT2D eigenvalue weighted by molar-refractivity contribution is 0.177. The van der Waals surface area contributed by atoms with Gasteiger partial charge in [-0.1, -0.05) is 12.1 Å². The summed E-state index contributed by atoms with van der Waals surface area (Å²) in [6, 6.07) is 8.40. The average molecular weight is 543 g/mol. The molecule has 1 atom stereocenters. The first-order valence-electron chi connectivity index (χ1n) is 10.3. The van der Waals surface area contributed by atoms with E-state index in [0.29, 0.717) is 19.8 Å². The molecule has 0 fully saturated rings. The zero-order valence-electron chi connectivity index (χ0n) is 18.8. The Hall–Kier alpha value is -1.92. The number of methoxy groups -OCH3 is 1. The summed E-state index contributed by atoms with van der Waals surface area (Å²) in [6.45, 7) is 3.44. The molecule has 2 N–H and O–H groups in total. The Morgan fingerprint density at radius 3 is 2.94 bits per heavy atom. The molecule has 31 heavy (non-hydrogen) atoms. The van der Waals surface area contributed by atoms with Crippen molar-refractivity contribution in [1.82, 2.24) is 30.3 Å². The smallest absolute Gasteiger partial charge is 0.191 e. The van der Waals surface area contributed by atoms with Crippen LogP contribution in [-0.2, 0) is 30.9 Å². The molecule has 10 heteroatoms. The van der Waals surface area contributed by atoms with E-state index in [0.717, 1.165) is 54.9 Å². The van der Waals surface area contributed by atoms with Crippen molar-refractivity contribution in [3.63, 3.8) is 0 Å². The van der Waals surface area contributed by atoms with Crippen LogP contribution in [0.15, 0.2) is 29.3 Å². The van der Waals surface area contributed by atoms with Crippen molar-refractivity contribution < 1.29 is 9.47 Å². The Labute approximate surface area is 201 Å². The van der Waals surface area contributed by atoms with Crippen LogP contribution in [-0.4, -0.2) is 73.1 Å². The summed E-state index contributed by atoms with van der Waals surface area (Å²) in [5.41, 5.74) is 1.15. The van der Waals surface area contributed by atoms with Gasteiger partial charge in [0.2, 0.25) is 0 Å². The van der Waals surface area contributed by atoms with Crippen molar-refractivity contribution in [1.29, 1.82) is 0 Å². The second-order valence-electron chi connectivity index (χ2n) is 7.66. The lowest BCUT2D eigenvalue weighted by Crippen LogP contribution is -2.46. The Balaban J connectivity index is 0.00000341. The number of aliphatic imine (C=N–C) groups is 1. The van der Waals surface area contributed by atoms with Gasteiger partial charge in [-0.15, -0.1) is 24.0 Å². The highest BCUT2D eigenvalue weighted by Gasteiger charge is 2.22. The molecule has 0 spiro atoms. The average Bonchev–Trinajstić information content (AvgIpc) is 3.13. The molecule has 2 heterocycles. The normalized spacial score (nSPS) is 15.9. The van der Waals surface area contributed by atoms with Crippen LogP contribution in [0, 0.1) is 0 Å². The van der Waals surface area contributed by atoms with E-state index in [1.807, 2.05) is 30.9 Å². The minimum atomic E-state index is 0. The fraction of sp³-hybridized carbons (Fsp3) is 0.571. The highest BCUT2D eigenvalue weighted by Crippen LogP contribution is 2.15. The van der Waals surface area contributed by atoms with Crippen LogP contribution in [0.3, 0.4) is 0 Å². The van der Waals surface area contributed by atoms with Crippen molar-refractivity contribution in [2.24, 2.45) is 4.99 Å². The highest BCUT2D eigenvalue weighted by molar-refractivity contribution is 14.0. The first kappa shape index (κ1) is 25.3. The maximum atomic E-state index is 5.82. The van der Waals surface area contributed by atoms with Crippen LogP contribution in [0.25, 0.3) is 0 Å². The molecule has 0 bridgehead atoms. The maximum Gasteiger partial charge on any atom is 0.191 e. The van der Waals surface area contributed by atoms with Crippen LogP contribution in [0.5, 0.6) is 5.75 Å². The first-order valence-corrected chi connectivity index (χ1v) is 10.3. The van der Waals surface area contributed by atoms with Crippen LogP contribution in [0.1, 0.15) is 23.6 Å². The Kier molecular flexibility index (Phi) is 10.5.